The van der Waals surface area contributed by atoms with Crippen LogP contribution in [-0.4, -0.2) is 37.1 Å². The molecule has 7 nitrogen and oxygen atoms in total. The van der Waals surface area contributed by atoms with Crippen molar-refractivity contribution in [2.45, 2.75) is 33.2 Å². The lowest BCUT2D eigenvalue weighted by Gasteiger charge is -2.17. The molecule has 0 radical (unpaired) electrons. The Bertz CT molecular complexity index is 1190. The Balaban J connectivity index is 1.84. The van der Waals surface area contributed by atoms with Gasteiger partial charge in [0.15, 0.2) is 5.78 Å². The maximum Gasteiger partial charge on any atom is 0.271 e. The molecule has 1 N–H and O–H groups in total. The number of nitrogens with zero attached hydrogens (tertiary/aromatic N) is 3. The summed E-state index contributed by atoms with van der Waals surface area (Å²) in [6, 6.07) is 5.61. The third kappa shape index (κ3) is 4.49. The van der Waals surface area contributed by atoms with Crippen LogP contribution in [0.25, 0.3) is 6.08 Å². The lowest BCUT2D eigenvalue weighted by atomic mass is 10.00. The summed E-state index contributed by atoms with van der Waals surface area (Å²) in [5, 5.41) is 21.8. The number of carbonyl (C=O) groups excluding carboxylic acids is 2. The maximum absolute atomic E-state index is 12.9. The van der Waals surface area contributed by atoms with Crippen LogP contribution in [0, 0.1) is 18.3 Å². The molecule has 0 unspecified atom stereocenters. The van der Waals surface area contributed by atoms with Gasteiger partial charge in [0, 0.05) is 24.4 Å². The van der Waals surface area contributed by atoms with Gasteiger partial charge in [0.05, 0.1) is 10.5 Å². The SMILES string of the molecule is CCCn1c(O)c(C(=O)CCN2C(=O)/C(=C/c3cccs3)SC2=S)c(C)c(C#N)c1=O. The number of hydrogen-bond donors (Lipinski definition) is 1. The third-order valence-corrected chi connectivity index (χ3v) is 6.98. The topological polar surface area (TPSA) is 103 Å². The average molecular weight is 474 g/mol. The highest BCUT2D eigenvalue weighted by molar-refractivity contribution is 8.26. The Morgan fingerprint density at radius 1 is 1.35 bits per heavy atom. The van der Waals surface area contributed by atoms with Crippen molar-refractivity contribution in [3.05, 3.63) is 54.3 Å². The number of amides is 1. The summed E-state index contributed by atoms with van der Waals surface area (Å²) in [5.74, 6) is -1.19. The second kappa shape index (κ2) is 9.60. The molecule has 0 bridgehead atoms. The van der Waals surface area contributed by atoms with Crippen LogP contribution in [0.3, 0.4) is 0 Å². The molecule has 10 heteroatoms. The smallest absolute Gasteiger partial charge is 0.271 e. The highest BCUT2D eigenvalue weighted by atomic mass is 32.2. The van der Waals surface area contributed by atoms with E-state index in [1.54, 1.807) is 6.08 Å². The van der Waals surface area contributed by atoms with E-state index in [4.69, 9.17) is 12.2 Å². The number of pyridine rings is 1. The van der Waals surface area contributed by atoms with Crippen LogP contribution in [0.5, 0.6) is 5.88 Å². The van der Waals surface area contributed by atoms with Gasteiger partial charge in [0.1, 0.15) is 16.0 Å². The highest BCUT2D eigenvalue weighted by Crippen LogP contribution is 2.33. The van der Waals surface area contributed by atoms with Crippen LogP contribution >= 0.6 is 35.3 Å². The Labute approximate surface area is 192 Å². The standard InChI is InChI=1S/C21H19N3O4S3/c1-3-7-23-18(26)14(11-22)12(2)17(20(23)28)15(25)6-8-24-19(27)16(31-21(24)29)10-13-5-4-9-30-13/h4-5,9-10,28H,3,6-8H2,1-2H3/b16-10-. The zero-order valence-electron chi connectivity index (χ0n) is 16.9. The molecule has 31 heavy (non-hydrogen) atoms. The lowest BCUT2D eigenvalue weighted by molar-refractivity contribution is -0.122. The molecule has 3 heterocycles. The number of thiophene rings is 1. The van der Waals surface area contributed by atoms with Crippen molar-refractivity contribution < 1.29 is 14.7 Å². The van der Waals surface area contributed by atoms with Crippen molar-refractivity contribution in [3.8, 4) is 11.9 Å². The fourth-order valence-corrected chi connectivity index (χ4v) is 5.28. The van der Waals surface area contributed by atoms with Gasteiger partial charge in [-0.05, 0) is 36.4 Å². The molecular formula is C21H19N3O4S3. The van der Waals surface area contributed by atoms with Crippen molar-refractivity contribution in [1.29, 1.82) is 5.26 Å². The molecule has 0 aliphatic carbocycles. The molecule has 0 saturated carbocycles. The van der Waals surface area contributed by atoms with Crippen molar-refractivity contribution in [2.24, 2.45) is 0 Å². The van der Waals surface area contributed by atoms with E-state index in [-0.39, 0.29) is 42.1 Å². The Morgan fingerprint density at radius 2 is 2.10 bits per heavy atom. The van der Waals surface area contributed by atoms with E-state index in [2.05, 4.69) is 0 Å². The summed E-state index contributed by atoms with van der Waals surface area (Å²) in [4.78, 5) is 40.9. The quantitative estimate of drug-likeness (QED) is 0.372. The molecule has 1 fully saturated rings. The minimum atomic E-state index is -0.619. The number of rotatable bonds is 7. The number of aromatic nitrogens is 1. The maximum atomic E-state index is 12.9. The van der Waals surface area contributed by atoms with Gasteiger partial charge in [-0.1, -0.05) is 37.0 Å². The molecule has 1 aliphatic rings. The van der Waals surface area contributed by atoms with Gasteiger partial charge in [-0.15, -0.1) is 11.3 Å². The molecule has 0 aromatic carbocycles. The third-order valence-electron chi connectivity index (χ3n) is 4.78. The molecule has 160 valence electrons. The molecule has 1 saturated heterocycles. The van der Waals surface area contributed by atoms with Crippen LogP contribution < -0.4 is 5.56 Å². The molecule has 0 atom stereocenters. The van der Waals surface area contributed by atoms with E-state index < -0.39 is 17.2 Å². The van der Waals surface area contributed by atoms with Crippen molar-refractivity contribution in [2.75, 3.05) is 6.54 Å². The Hall–Kier alpha value is -2.74. The first-order valence-electron chi connectivity index (χ1n) is 9.48. The van der Waals surface area contributed by atoms with E-state index in [0.29, 0.717) is 15.6 Å². The van der Waals surface area contributed by atoms with Crippen molar-refractivity contribution in [1.82, 2.24) is 9.47 Å². The number of hydrogen-bond acceptors (Lipinski definition) is 8. The monoisotopic (exact) mass is 473 g/mol. The van der Waals surface area contributed by atoms with Gasteiger partial charge in [0.2, 0.25) is 5.88 Å². The van der Waals surface area contributed by atoms with Crippen molar-refractivity contribution in [3.63, 3.8) is 0 Å². The summed E-state index contributed by atoms with van der Waals surface area (Å²) in [6.45, 7) is 3.51. The van der Waals surface area contributed by atoms with Gasteiger partial charge >= 0.3 is 0 Å². The first-order valence-corrected chi connectivity index (χ1v) is 11.6. The van der Waals surface area contributed by atoms with E-state index in [1.807, 2.05) is 30.5 Å². The number of carbonyl (C=O) groups is 2. The second-order valence-electron chi connectivity index (χ2n) is 6.79. The minimum Gasteiger partial charge on any atom is -0.494 e. The lowest BCUT2D eigenvalue weighted by Crippen LogP contribution is -2.31. The number of nitriles is 1. The summed E-state index contributed by atoms with van der Waals surface area (Å²) in [6.07, 6.45) is 2.20. The number of Topliss-reactive ketones (excluding diaryl/α,β-unsaturated/α-hetero) is 1. The highest BCUT2D eigenvalue weighted by Gasteiger charge is 2.33. The summed E-state index contributed by atoms with van der Waals surface area (Å²) >= 11 is 7.98. The van der Waals surface area contributed by atoms with Gasteiger partial charge in [-0.25, -0.2) is 0 Å². The molecule has 2 aromatic heterocycles. The van der Waals surface area contributed by atoms with Gasteiger partial charge in [-0.2, -0.15) is 5.26 Å². The van der Waals surface area contributed by atoms with Crippen LogP contribution in [0.2, 0.25) is 0 Å². The van der Waals surface area contributed by atoms with E-state index >= 15 is 0 Å². The predicted molar refractivity (Wildman–Crippen MR) is 125 cm³/mol. The average Bonchev–Trinajstić information content (AvgIpc) is 3.32. The molecule has 1 aliphatic heterocycles. The summed E-state index contributed by atoms with van der Waals surface area (Å²) in [5.41, 5.74) is -0.708. The Morgan fingerprint density at radius 3 is 2.71 bits per heavy atom. The molecule has 0 spiro atoms. The number of aromatic hydroxyl groups is 1. The second-order valence-corrected chi connectivity index (χ2v) is 9.44. The molecule has 2 aromatic rings. The van der Waals surface area contributed by atoms with Gasteiger partial charge in [0.25, 0.3) is 11.5 Å². The number of ketones is 1. The van der Waals surface area contributed by atoms with E-state index in [1.165, 1.54) is 34.9 Å². The van der Waals surface area contributed by atoms with Crippen LogP contribution in [-0.2, 0) is 11.3 Å². The summed E-state index contributed by atoms with van der Waals surface area (Å²) in [7, 11) is 0. The van der Waals surface area contributed by atoms with E-state index in [0.717, 1.165) is 9.44 Å². The van der Waals surface area contributed by atoms with Crippen molar-refractivity contribution >= 4 is 57.4 Å². The number of thiocarbonyl (C=S) groups is 1. The normalized spacial score (nSPS) is 15.0. The zero-order chi connectivity index (χ0) is 22.7. The van der Waals surface area contributed by atoms with Crippen LogP contribution in [0.4, 0.5) is 0 Å². The Kier molecular flexibility index (Phi) is 7.10. The largest absolute Gasteiger partial charge is 0.494 e. The molecular weight excluding hydrogens is 454 g/mol. The first-order chi connectivity index (χ1) is 14.8. The van der Waals surface area contributed by atoms with Gasteiger partial charge < -0.3 is 5.11 Å². The molecule has 1 amide bonds. The van der Waals surface area contributed by atoms with Gasteiger partial charge in [-0.3, -0.25) is 23.9 Å². The van der Waals surface area contributed by atoms with Crippen LogP contribution in [0.1, 0.15) is 46.1 Å². The fraction of sp³-hybridized carbons (Fsp3) is 0.286. The zero-order valence-corrected chi connectivity index (χ0v) is 19.3. The van der Waals surface area contributed by atoms with E-state index in [9.17, 15) is 24.8 Å². The van der Waals surface area contributed by atoms with Crippen LogP contribution in [0.15, 0.2) is 27.2 Å². The predicted octanol–water partition coefficient (Wildman–Crippen LogP) is 3.68. The fourth-order valence-electron chi connectivity index (χ4n) is 3.25. The summed E-state index contributed by atoms with van der Waals surface area (Å²) < 4.78 is 1.40. The minimum absolute atomic E-state index is 0.0406. The first kappa shape index (κ1) is 22.9. The molecule has 3 rings (SSSR count). The number of thioether (sulfide) groups is 1.